The maximum Gasteiger partial charge on any atom is 0.169 e. The average Bonchev–Trinajstić information content (AvgIpc) is 2.85. The van der Waals surface area contributed by atoms with Crippen molar-refractivity contribution in [2.24, 2.45) is 0 Å². The van der Waals surface area contributed by atoms with Gasteiger partial charge in [-0.05, 0) is 49.0 Å². The van der Waals surface area contributed by atoms with Gasteiger partial charge < -0.3 is 15.0 Å². The molecule has 1 aliphatic heterocycles. The maximum absolute atomic E-state index is 5.43. The number of thiocarbonyl (C=S) groups is 1. The zero-order valence-corrected chi connectivity index (χ0v) is 12.4. The van der Waals surface area contributed by atoms with E-state index >= 15 is 0 Å². The van der Waals surface area contributed by atoms with Gasteiger partial charge in [0.2, 0.25) is 0 Å². The third kappa shape index (κ3) is 3.67. The second-order valence-electron chi connectivity index (χ2n) is 4.32. The number of ether oxygens (including phenoxy) is 1. The third-order valence-corrected chi connectivity index (χ3v) is 4.47. The number of fused-ring (bicyclic) bond motifs is 1. The number of rotatable bonds is 5. The number of hydrogen-bond donors (Lipinski definition) is 1. The van der Waals surface area contributed by atoms with Gasteiger partial charge in [0, 0.05) is 37.7 Å². The van der Waals surface area contributed by atoms with E-state index in [1.165, 1.54) is 10.4 Å². The minimum absolute atomic E-state index is 0.789. The lowest BCUT2D eigenvalue weighted by Crippen LogP contribution is -2.42. The molecule has 2 heterocycles. The lowest BCUT2D eigenvalue weighted by molar-refractivity contribution is 0.145. The van der Waals surface area contributed by atoms with Crippen LogP contribution in [0.25, 0.3) is 0 Å². The van der Waals surface area contributed by atoms with Crippen LogP contribution in [0.5, 0.6) is 0 Å². The van der Waals surface area contributed by atoms with Crippen LogP contribution in [0.2, 0.25) is 0 Å². The second kappa shape index (κ2) is 7.07. The summed E-state index contributed by atoms with van der Waals surface area (Å²) < 4.78 is 5.30. The van der Waals surface area contributed by atoms with E-state index < -0.39 is 0 Å². The van der Waals surface area contributed by atoms with Gasteiger partial charge in [0.15, 0.2) is 5.11 Å². The minimum Gasteiger partial charge on any atom is -0.382 e. The Labute approximate surface area is 118 Å². The summed E-state index contributed by atoms with van der Waals surface area (Å²) in [5.74, 6) is 0. The maximum atomic E-state index is 5.43. The van der Waals surface area contributed by atoms with Crippen LogP contribution in [-0.4, -0.2) is 36.3 Å². The molecule has 5 heteroatoms. The largest absolute Gasteiger partial charge is 0.382 e. The Morgan fingerprint density at radius 2 is 2.50 bits per heavy atom. The Morgan fingerprint density at radius 3 is 3.33 bits per heavy atom. The number of hydrogen-bond acceptors (Lipinski definition) is 3. The van der Waals surface area contributed by atoms with Crippen molar-refractivity contribution < 1.29 is 4.74 Å². The Balaban J connectivity index is 1.71. The van der Waals surface area contributed by atoms with Gasteiger partial charge in [0.05, 0.1) is 0 Å². The molecule has 100 valence electrons. The number of nitrogens with zero attached hydrogens (tertiary/aromatic N) is 1. The van der Waals surface area contributed by atoms with Crippen molar-refractivity contribution >= 4 is 28.7 Å². The number of nitrogens with one attached hydrogen (secondary N) is 1. The summed E-state index contributed by atoms with van der Waals surface area (Å²) in [4.78, 5) is 3.77. The van der Waals surface area contributed by atoms with Crippen molar-refractivity contribution in [1.82, 2.24) is 10.2 Å². The van der Waals surface area contributed by atoms with Crippen molar-refractivity contribution in [3.63, 3.8) is 0 Å². The van der Waals surface area contributed by atoms with Crippen LogP contribution in [0, 0.1) is 0 Å². The first-order valence-electron chi connectivity index (χ1n) is 6.47. The van der Waals surface area contributed by atoms with Gasteiger partial charge in [-0.1, -0.05) is 0 Å². The van der Waals surface area contributed by atoms with Crippen molar-refractivity contribution in [2.75, 3.05) is 26.3 Å². The molecule has 0 saturated heterocycles. The van der Waals surface area contributed by atoms with Crippen molar-refractivity contribution in [3.05, 3.63) is 21.9 Å². The molecule has 0 spiro atoms. The van der Waals surface area contributed by atoms with E-state index in [0.717, 1.165) is 50.8 Å². The predicted octanol–water partition coefficient (Wildman–Crippen LogP) is 2.41. The van der Waals surface area contributed by atoms with Crippen LogP contribution in [0.4, 0.5) is 0 Å². The summed E-state index contributed by atoms with van der Waals surface area (Å²) >= 11 is 7.29. The fourth-order valence-electron chi connectivity index (χ4n) is 2.05. The molecule has 1 aromatic heterocycles. The highest BCUT2D eigenvalue weighted by Crippen LogP contribution is 2.23. The van der Waals surface area contributed by atoms with Crippen molar-refractivity contribution in [1.29, 1.82) is 0 Å². The molecule has 0 amide bonds. The number of thiophene rings is 1. The minimum atomic E-state index is 0.789. The van der Waals surface area contributed by atoms with Gasteiger partial charge in [-0.25, -0.2) is 0 Å². The van der Waals surface area contributed by atoms with E-state index in [9.17, 15) is 0 Å². The smallest absolute Gasteiger partial charge is 0.169 e. The van der Waals surface area contributed by atoms with Gasteiger partial charge in [0.1, 0.15) is 0 Å². The van der Waals surface area contributed by atoms with Gasteiger partial charge in [0.25, 0.3) is 0 Å². The molecular weight excluding hydrogens is 264 g/mol. The molecule has 1 N–H and O–H groups in total. The Bertz CT molecular complexity index is 392. The molecule has 0 atom stereocenters. The monoisotopic (exact) mass is 284 g/mol. The average molecular weight is 284 g/mol. The molecule has 2 rings (SSSR count). The molecule has 3 nitrogen and oxygen atoms in total. The van der Waals surface area contributed by atoms with E-state index in [1.807, 2.05) is 18.3 Å². The van der Waals surface area contributed by atoms with E-state index in [1.54, 1.807) is 0 Å². The quantitative estimate of drug-likeness (QED) is 0.663. The highest BCUT2D eigenvalue weighted by molar-refractivity contribution is 7.80. The van der Waals surface area contributed by atoms with Crippen LogP contribution in [0.15, 0.2) is 11.4 Å². The highest BCUT2D eigenvalue weighted by atomic mass is 32.1. The molecule has 0 fully saturated rings. The standard InChI is InChI=1S/C13H20N2OS2/c1-2-16-8-3-6-14-13(17)15-7-4-12-11(10-15)5-9-18-12/h5,9H,2-4,6-8,10H2,1H3,(H,14,17). The summed E-state index contributed by atoms with van der Waals surface area (Å²) in [5.41, 5.74) is 1.43. The fraction of sp³-hybridized carbons (Fsp3) is 0.615. The van der Waals surface area contributed by atoms with Crippen LogP contribution < -0.4 is 5.32 Å². The molecule has 0 bridgehead atoms. The Morgan fingerprint density at radius 1 is 1.61 bits per heavy atom. The van der Waals surface area contributed by atoms with E-state index in [4.69, 9.17) is 17.0 Å². The zero-order valence-electron chi connectivity index (χ0n) is 10.8. The van der Waals surface area contributed by atoms with Crippen molar-refractivity contribution in [2.45, 2.75) is 26.3 Å². The molecule has 1 aromatic rings. The van der Waals surface area contributed by atoms with Crippen LogP contribution >= 0.6 is 23.6 Å². The van der Waals surface area contributed by atoms with Gasteiger partial charge >= 0.3 is 0 Å². The second-order valence-corrected chi connectivity index (χ2v) is 5.71. The first kappa shape index (κ1) is 13.8. The predicted molar refractivity (Wildman–Crippen MR) is 80.1 cm³/mol. The first-order valence-corrected chi connectivity index (χ1v) is 7.76. The molecule has 0 saturated carbocycles. The van der Waals surface area contributed by atoms with Gasteiger partial charge in [-0.15, -0.1) is 11.3 Å². The molecule has 0 unspecified atom stereocenters. The highest BCUT2D eigenvalue weighted by Gasteiger charge is 2.18. The molecule has 0 aromatic carbocycles. The van der Waals surface area contributed by atoms with Gasteiger partial charge in [-0.2, -0.15) is 0 Å². The van der Waals surface area contributed by atoms with E-state index in [-0.39, 0.29) is 0 Å². The molecule has 0 aliphatic carbocycles. The molecule has 0 radical (unpaired) electrons. The first-order chi connectivity index (χ1) is 8.81. The molecule has 1 aliphatic rings. The topological polar surface area (TPSA) is 24.5 Å². The van der Waals surface area contributed by atoms with Gasteiger partial charge in [-0.3, -0.25) is 0 Å². The summed E-state index contributed by atoms with van der Waals surface area (Å²) in [7, 11) is 0. The Kier molecular flexibility index (Phi) is 5.41. The summed E-state index contributed by atoms with van der Waals surface area (Å²) in [6.07, 6.45) is 2.12. The zero-order chi connectivity index (χ0) is 12.8. The van der Waals surface area contributed by atoms with Crippen LogP contribution in [0.3, 0.4) is 0 Å². The molecule has 18 heavy (non-hydrogen) atoms. The fourth-order valence-corrected chi connectivity index (χ4v) is 3.20. The molecular formula is C13H20N2OS2. The van der Waals surface area contributed by atoms with Crippen LogP contribution in [-0.2, 0) is 17.7 Å². The van der Waals surface area contributed by atoms with E-state index in [0.29, 0.717) is 0 Å². The summed E-state index contributed by atoms with van der Waals surface area (Å²) in [6, 6.07) is 2.21. The van der Waals surface area contributed by atoms with E-state index in [2.05, 4.69) is 21.7 Å². The third-order valence-electron chi connectivity index (χ3n) is 3.04. The summed E-state index contributed by atoms with van der Waals surface area (Å²) in [5, 5.41) is 6.37. The lowest BCUT2D eigenvalue weighted by atomic mass is 10.1. The summed E-state index contributed by atoms with van der Waals surface area (Å²) in [6.45, 7) is 6.50. The lowest BCUT2D eigenvalue weighted by Gasteiger charge is -2.29. The Hall–Kier alpha value is -0.650. The SMILES string of the molecule is CCOCCCNC(=S)N1CCc2sccc2C1. The van der Waals surface area contributed by atoms with Crippen LogP contribution in [0.1, 0.15) is 23.8 Å². The van der Waals surface area contributed by atoms with Crippen molar-refractivity contribution in [3.8, 4) is 0 Å². The normalized spacial score (nSPS) is 14.4.